The molecule has 0 aliphatic heterocycles. The molecule has 6 heteroatoms. The number of carboxylic acids is 1. The Morgan fingerprint density at radius 1 is 1.20 bits per heavy atom. The van der Waals surface area contributed by atoms with Crippen molar-refractivity contribution < 1.29 is 14.7 Å². The second kappa shape index (κ2) is 6.38. The second-order valence-electron chi connectivity index (χ2n) is 4.22. The summed E-state index contributed by atoms with van der Waals surface area (Å²) in [5.41, 5.74) is 1.31. The zero-order chi connectivity index (χ0) is 14.5. The van der Waals surface area contributed by atoms with Crippen LogP contribution in [0.15, 0.2) is 47.1 Å². The summed E-state index contributed by atoms with van der Waals surface area (Å²) < 4.78 is 2.38. The van der Waals surface area contributed by atoms with Crippen LogP contribution in [0.4, 0.5) is 0 Å². The summed E-state index contributed by atoms with van der Waals surface area (Å²) in [6.07, 6.45) is 1.57. The first-order valence-corrected chi connectivity index (χ1v) is 6.75. The molecular weight excluding hydrogens is 324 g/mol. The SMILES string of the molecule is O=C(O)Cn1cccc1C(=O)NCc1ccc(Br)cc1. The van der Waals surface area contributed by atoms with E-state index in [1.54, 1.807) is 18.3 Å². The van der Waals surface area contributed by atoms with Crippen molar-refractivity contribution in [3.63, 3.8) is 0 Å². The van der Waals surface area contributed by atoms with Gasteiger partial charge in [0, 0.05) is 17.2 Å². The van der Waals surface area contributed by atoms with Crippen LogP contribution in [-0.2, 0) is 17.9 Å². The number of hydrogen-bond acceptors (Lipinski definition) is 2. The number of amides is 1. The van der Waals surface area contributed by atoms with Gasteiger partial charge in [-0.1, -0.05) is 28.1 Å². The van der Waals surface area contributed by atoms with Crippen molar-refractivity contribution in [2.45, 2.75) is 13.1 Å². The number of nitrogens with zero attached hydrogens (tertiary/aromatic N) is 1. The molecule has 1 amide bonds. The summed E-state index contributed by atoms with van der Waals surface area (Å²) in [5, 5.41) is 11.5. The summed E-state index contributed by atoms with van der Waals surface area (Å²) >= 11 is 3.34. The minimum absolute atomic E-state index is 0.228. The first kappa shape index (κ1) is 14.3. The quantitative estimate of drug-likeness (QED) is 0.879. The van der Waals surface area contributed by atoms with Gasteiger partial charge < -0.3 is 15.0 Å². The molecule has 2 rings (SSSR count). The van der Waals surface area contributed by atoms with Crippen LogP contribution in [0.25, 0.3) is 0 Å². The van der Waals surface area contributed by atoms with E-state index in [-0.39, 0.29) is 12.5 Å². The summed E-state index contributed by atoms with van der Waals surface area (Å²) in [6, 6.07) is 10.8. The van der Waals surface area contributed by atoms with Crippen molar-refractivity contribution in [2.24, 2.45) is 0 Å². The molecule has 1 aromatic heterocycles. The molecule has 0 unspecified atom stereocenters. The lowest BCUT2D eigenvalue weighted by Crippen LogP contribution is -2.26. The van der Waals surface area contributed by atoms with E-state index >= 15 is 0 Å². The van der Waals surface area contributed by atoms with Gasteiger partial charge in [0.25, 0.3) is 5.91 Å². The Kier molecular flexibility index (Phi) is 4.57. The van der Waals surface area contributed by atoms with Gasteiger partial charge in [0.2, 0.25) is 0 Å². The zero-order valence-electron chi connectivity index (χ0n) is 10.5. The molecule has 0 atom stereocenters. The number of carboxylic acid groups (broad SMARTS) is 1. The molecule has 0 radical (unpaired) electrons. The predicted octanol–water partition coefficient (Wildman–Crippen LogP) is 2.27. The summed E-state index contributed by atoms with van der Waals surface area (Å²) in [5.74, 6) is -1.28. The van der Waals surface area contributed by atoms with Gasteiger partial charge in [-0.25, -0.2) is 0 Å². The van der Waals surface area contributed by atoms with Crippen LogP contribution in [0.1, 0.15) is 16.1 Å². The second-order valence-corrected chi connectivity index (χ2v) is 5.14. The number of aliphatic carboxylic acids is 1. The van der Waals surface area contributed by atoms with Gasteiger partial charge in [0.1, 0.15) is 12.2 Å². The number of carbonyl (C=O) groups is 2. The highest BCUT2D eigenvalue weighted by Gasteiger charge is 2.12. The fourth-order valence-corrected chi connectivity index (χ4v) is 2.04. The normalized spacial score (nSPS) is 10.2. The fraction of sp³-hybridized carbons (Fsp3) is 0.143. The number of benzene rings is 1. The third-order valence-corrected chi connectivity index (χ3v) is 3.26. The number of rotatable bonds is 5. The lowest BCUT2D eigenvalue weighted by Gasteiger charge is -2.08. The maximum Gasteiger partial charge on any atom is 0.323 e. The van der Waals surface area contributed by atoms with E-state index in [1.807, 2.05) is 24.3 Å². The van der Waals surface area contributed by atoms with Gasteiger partial charge in [0.15, 0.2) is 0 Å². The minimum Gasteiger partial charge on any atom is -0.480 e. The van der Waals surface area contributed by atoms with Crippen molar-refractivity contribution >= 4 is 27.8 Å². The fourth-order valence-electron chi connectivity index (χ4n) is 1.78. The maximum atomic E-state index is 12.0. The third kappa shape index (κ3) is 3.71. The molecular formula is C14H13BrN2O3. The van der Waals surface area contributed by atoms with Gasteiger partial charge in [-0.3, -0.25) is 9.59 Å². The van der Waals surface area contributed by atoms with Crippen molar-refractivity contribution in [1.29, 1.82) is 0 Å². The average Bonchev–Trinajstić information content (AvgIpc) is 2.85. The Morgan fingerprint density at radius 3 is 2.55 bits per heavy atom. The first-order valence-electron chi connectivity index (χ1n) is 5.96. The number of nitrogens with one attached hydrogen (secondary N) is 1. The highest BCUT2D eigenvalue weighted by atomic mass is 79.9. The maximum absolute atomic E-state index is 12.0. The minimum atomic E-state index is -0.983. The predicted molar refractivity (Wildman–Crippen MR) is 77.4 cm³/mol. The lowest BCUT2D eigenvalue weighted by molar-refractivity contribution is -0.137. The highest BCUT2D eigenvalue weighted by molar-refractivity contribution is 9.10. The molecule has 1 aromatic carbocycles. The van der Waals surface area contributed by atoms with E-state index in [4.69, 9.17) is 5.11 Å². The molecule has 0 aliphatic rings. The van der Waals surface area contributed by atoms with Gasteiger partial charge in [-0.15, -0.1) is 0 Å². The Labute approximate surface area is 124 Å². The van der Waals surface area contributed by atoms with E-state index < -0.39 is 5.97 Å². The first-order chi connectivity index (χ1) is 9.56. The molecule has 20 heavy (non-hydrogen) atoms. The summed E-state index contributed by atoms with van der Waals surface area (Å²) in [6.45, 7) is 0.165. The van der Waals surface area contributed by atoms with E-state index in [0.29, 0.717) is 12.2 Å². The third-order valence-electron chi connectivity index (χ3n) is 2.73. The Bertz CT molecular complexity index is 620. The van der Waals surface area contributed by atoms with Crippen LogP contribution in [0, 0.1) is 0 Å². The van der Waals surface area contributed by atoms with Crippen LogP contribution in [0.5, 0.6) is 0 Å². The smallest absolute Gasteiger partial charge is 0.323 e. The van der Waals surface area contributed by atoms with E-state index in [9.17, 15) is 9.59 Å². The molecule has 0 spiro atoms. The Balaban J connectivity index is 2.00. The number of hydrogen-bond donors (Lipinski definition) is 2. The van der Waals surface area contributed by atoms with Crippen LogP contribution < -0.4 is 5.32 Å². The molecule has 0 bridgehead atoms. The molecule has 0 aliphatic carbocycles. The van der Waals surface area contributed by atoms with Crippen LogP contribution >= 0.6 is 15.9 Å². The number of halogens is 1. The Hall–Kier alpha value is -2.08. The standard InChI is InChI=1S/C14H13BrN2O3/c15-11-5-3-10(4-6-11)8-16-14(20)12-2-1-7-17(12)9-13(18)19/h1-7H,8-9H2,(H,16,20)(H,18,19). The van der Waals surface area contributed by atoms with Gasteiger partial charge in [-0.05, 0) is 29.8 Å². The van der Waals surface area contributed by atoms with Crippen LogP contribution in [0.2, 0.25) is 0 Å². The molecule has 0 saturated carbocycles. The van der Waals surface area contributed by atoms with Gasteiger partial charge in [-0.2, -0.15) is 0 Å². The van der Waals surface area contributed by atoms with Crippen molar-refractivity contribution in [2.75, 3.05) is 0 Å². The highest BCUT2D eigenvalue weighted by Crippen LogP contribution is 2.10. The van der Waals surface area contributed by atoms with E-state index in [0.717, 1.165) is 10.0 Å². The van der Waals surface area contributed by atoms with Crippen molar-refractivity contribution in [3.05, 3.63) is 58.3 Å². The Morgan fingerprint density at radius 2 is 1.90 bits per heavy atom. The topological polar surface area (TPSA) is 71.3 Å². The van der Waals surface area contributed by atoms with Gasteiger partial charge >= 0.3 is 5.97 Å². The molecule has 0 saturated heterocycles. The molecule has 0 fully saturated rings. The van der Waals surface area contributed by atoms with Crippen LogP contribution in [-0.4, -0.2) is 21.6 Å². The number of aromatic nitrogens is 1. The van der Waals surface area contributed by atoms with E-state index in [2.05, 4.69) is 21.2 Å². The van der Waals surface area contributed by atoms with Crippen molar-refractivity contribution in [1.82, 2.24) is 9.88 Å². The lowest BCUT2D eigenvalue weighted by atomic mass is 10.2. The molecule has 2 aromatic rings. The number of carbonyl (C=O) groups excluding carboxylic acids is 1. The zero-order valence-corrected chi connectivity index (χ0v) is 12.1. The largest absolute Gasteiger partial charge is 0.480 e. The average molecular weight is 337 g/mol. The summed E-state index contributed by atoms with van der Waals surface area (Å²) in [4.78, 5) is 22.7. The monoisotopic (exact) mass is 336 g/mol. The summed E-state index contributed by atoms with van der Waals surface area (Å²) in [7, 11) is 0. The molecule has 5 nitrogen and oxygen atoms in total. The van der Waals surface area contributed by atoms with E-state index in [1.165, 1.54) is 4.57 Å². The van der Waals surface area contributed by atoms with Crippen molar-refractivity contribution in [3.8, 4) is 0 Å². The van der Waals surface area contributed by atoms with Crippen LogP contribution in [0.3, 0.4) is 0 Å². The molecule has 104 valence electrons. The molecule has 1 heterocycles. The molecule has 2 N–H and O–H groups in total. The van der Waals surface area contributed by atoms with Gasteiger partial charge in [0.05, 0.1) is 0 Å².